The van der Waals surface area contributed by atoms with Crippen LogP contribution in [0.4, 0.5) is 5.69 Å². The van der Waals surface area contributed by atoms with E-state index < -0.39 is 0 Å². The smallest absolute Gasteiger partial charge is 0.166 e. The summed E-state index contributed by atoms with van der Waals surface area (Å²) in [7, 11) is 0. The number of para-hydroxylation sites is 1. The summed E-state index contributed by atoms with van der Waals surface area (Å²) in [5.74, 6) is 0.140. The number of carbonyl (C=O) groups excluding carboxylic acids is 1. The van der Waals surface area contributed by atoms with Gasteiger partial charge in [-0.25, -0.2) is 0 Å². The number of Topliss-reactive ketones (excluding diaryl/α,β-unsaturated/α-hetero) is 1. The Kier molecular flexibility index (Phi) is 4.12. The number of benzene rings is 1. The lowest BCUT2D eigenvalue weighted by Crippen LogP contribution is -2.44. The molecule has 1 saturated heterocycles. The number of nitrogens with two attached hydrogens (primary N) is 1. The summed E-state index contributed by atoms with van der Waals surface area (Å²) in [4.78, 5) is 14.3. The van der Waals surface area contributed by atoms with Crippen LogP contribution < -0.4 is 11.1 Å². The zero-order valence-electron chi connectivity index (χ0n) is 9.98. The second-order valence-electron chi connectivity index (χ2n) is 4.35. The molecule has 0 amide bonds. The molecule has 0 saturated carbocycles. The molecule has 0 atom stereocenters. The first kappa shape index (κ1) is 12.1. The normalized spacial score (nSPS) is 16.9. The molecule has 0 aromatic heterocycles. The zero-order valence-corrected chi connectivity index (χ0v) is 9.98. The summed E-state index contributed by atoms with van der Waals surface area (Å²) < 4.78 is 0. The molecule has 0 radical (unpaired) electrons. The van der Waals surface area contributed by atoms with Gasteiger partial charge >= 0.3 is 0 Å². The van der Waals surface area contributed by atoms with Crippen molar-refractivity contribution in [3.8, 4) is 0 Å². The van der Waals surface area contributed by atoms with Crippen LogP contribution in [0.3, 0.4) is 0 Å². The van der Waals surface area contributed by atoms with Gasteiger partial charge in [-0.3, -0.25) is 4.79 Å². The third-order valence-electron chi connectivity index (χ3n) is 3.13. The van der Waals surface area contributed by atoms with E-state index in [0.717, 1.165) is 32.7 Å². The molecule has 2 rings (SSSR count). The number of nitrogen functional groups attached to an aromatic ring is 1. The molecule has 1 aliphatic rings. The van der Waals surface area contributed by atoms with Crippen LogP contribution in [-0.2, 0) is 0 Å². The molecule has 0 aliphatic carbocycles. The highest BCUT2D eigenvalue weighted by molar-refractivity contribution is 6.00. The average Bonchev–Trinajstić information content (AvgIpc) is 2.38. The Morgan fingerprint density at radius 1 is 1.29 bits per heavy atom. The molecule has 0 unspecified atom stereocenters. The fourth-order valence-electron chi connectivity index (χ4n) is 2.08. The van der Waals surface area contributed by atoms with E-state index in [4.69, 9.17) is 5.73 Å². The van der Waals surface area contributed by atoms with Crippen LogP contribution in [0.2, 0.25) is 0 Å². The summed E-state index contributed by atoms with van der Waals surface area (Å²) in [6.45, 7) is 4.91. The van der Waals surface area contributed by atoms with Gasteiger partial charge in [0.15, 0.2) is 5.78 Å². The van der Waals surface area contributed by atoms with Crippen molar-refractivity contribution in [3.63, 3.8) is 0 Å². The Bertz CT molecular complexity index is 386. The van der Waals surface area contributed by atoms with Gasteiger partial charge in [-0.1, -0.05) is 12.1 Å². The van der Waals surface area contributed by atoms with E-state index in [1.165, 1.54) is 0 Å². The fraction of sp³-hybridized carbons (Fsp3) is 0.462. The van der Waals surface area contributed by atoms with Crippen LogP contribution in [0.15, 0.2) is 24.3 Å². The molecule has 4 nitrogen and oxygen atoms in total. The summed E-state index contributed by atoms with van der Waals surface area (Å²) in [5, 5.41) is 3.30. The number of nitrogens with one attached hydrogen (secondary N) is 1. The minimum Gasteiger partial charge on any atom is -0.398 e. The number of hydrogen-bond donors (Lipinski definition) is 2. The molecule has 1 fully saturated rings. The number of hydrogen-bond acceptors (Lipinski definition) is 4. The standard InChI is InChI=1S/C13H19N3O/c14-12-4-2-1-3-11(12)13(17)5-8-16-9-6-15-7-10-16/h1-4,15H,5-10,14H2. The lowest BCUT2D eigenvalue weighted by Gasteiger charge is -2.26. The lowest BCUT2D eigenvalue weighted by molar-refractivity contribution is 0.0961. The van der Waals surface area contributed by atoms with Gasteiger partial charge in [0.05, 0.1) is 0 Å². The number of rotatable bonds is 4. The van der Waals surface area contributed by atoms with Crippen LogP contribution in [0, 0.1) is 0 Å². The maximum absolute atomic E-state index is 12.0. The summed E-state index contributed by atoms with van der Waals surface area (Å²) in [6, 6.07) is 7.28. The number of ketones is 1. The van der Waals surface area contributed by atoms with Gasteiger partial charge in [0.2, 0.25) is 0 Å². The van der Waals surface area contributed by atoms with E-state index in [9.17, 15) is 4.79 Å². The molecule has 1 aromatic carbocycles. The maximum Gasteiger partial charge on any atom is 0.166 e. The summed E-state index contributed by atoms with van der Waals surface area (Å²) in [5.41, 5.74) is 7.02. The van der Waals surface area contributed by atoms with Gasteiger partial charge in [-0.15, -0.1) is 0 Å². The van der Waals surface area contributed by atoms with E-state index >= 15 is 0 Å². The highest BCUT2D eigenvalue weighted by Crippen LogP contribution is 2.13. The predicted octanol–water partition coefficient (Wildman–Crippen LogP) is 0.747. The van der Waals surface area contributed by atoms with Crippen LogP contribution in [0.5, 0.6) is 0 Å². The molecular weight excluding hydrogens is 214 g/mol. The fourth-order valence-corrected chi connectivity index (χ4v) is 2.08. The van der Waals surface area contributed by atoms with Gasteiger partial charge in [0.1, 0.15) is 0 Å². The van der Waals surface area contributed by atoms with Gasteiger partial charge in [0.25, 0.3) is 0 Å². The summed E-state index contributed by atoms with van der Waals surface area (Å²) in [6.07, 6.45) is 0.550. The Hall–Kier alpha value is -1.39. The van der Waals surface area contributed by atoms with Crippen molar-refractivity contribution < 1.29 is 4.79 Å². The Morgan fingerprint density at radius 2 is 2.00 bits per heavy atom. The summed E-state index contributed by atoms with van der Waals surface area (Å²) >= 11 is 0. The molecule has 1 aliphatic heterocycles. The van der Waals surface area contributed by atoms with Crippen LogP contribution >= 0.6 is 0 Å². The number of piperazine rings is 1. The third kappa shape index (κ3) is 3.28. The van der Waals surface area contributed by atoms with Gasteiger partial charge in [-0.2, -0.15) is 0 Å². The first-order valence-corrected chi connectivity index (χ1v) is 6.08. The maximum atomic E-state index is 12.0. The number of anilines is 1. The number of carbonyl (C=O) groups is 1. The topological polar surface area (TPSA) is 58.4 Å². The Labute approximate surface area is 102 Å². The molecule has 3 N–H and O–H groups in total. The average molecular weight is 233 g/mol. The van der Waals surface area contributed by atoms with Crippen LogP contribution in [0.1, 0.15) is 16.8 Å². The highest BCUT2D eigenvalue weighted by Gasteiger charge is 2.13. The monoisotopic (exact) mass is 233 g/mol. The Morgan fingerprint density at radius 3 is 2.71 bits per heavy atom. The second-order valence-corrected chi connectivity index (χ2v) is 4.35. The predicted molar refractivity (Wildman–Crippen MR) is 69.1 cm³/mol. The van der Waals surface area contributed by atoms with Crippen molar-refractivity contribution >= 4 is 11.5 Å². The lowest BCUT2D eigenvalue weighted by atomic mass is 10.1. The quantitative estimate of drug-likeness (QED) is 0.595. The van der Waals surface area contributed by atoms with E-state index in [1.54, 1.807) is 12.1 Å². The largest absolute Gasteiger partial charge is 0.398 e. The van der Waals surface area contributed by atoms with Crippen molar-refractivity contribution in [3.05, 3.63) is 29.8 Å². The molecule has 1 aromatic rings. The molecule has 17 heavy (non-hydrogen) atoms. The molecule has 1 heterocycles. The molecule has 0 spiro atoms. The van der Waals surface area contributed by atoms with E-state index in [0.29, 0.717) is 17.7 Å². The van der Waals surface area contributed by atoms with E-state index in [2.05, 4.69) is 10.2 Å². The molecule has 4 heteroatoms. The first-order chi connectivity index (χ1) is 8.27. The second kappa shape index (κ2) is 5.80. The van der Waals surface area contributed by atoms with Gasteiger partial charge in [0, 0.05) is 50.4 Å². The van der Waals surface area contributed by atoms with Crippen molar-refractivity contribution in [2.45, 2.75) is 6.42 Å². The van der Waals surface area contributed by atoms with Gasteiger partial charge < -0.3 is 16.0 Å². The number of nitrogens with zero attached hydrogens (tertiary/aromatic N) is 1. The van der Waals surface area contributed by atoms with Gasteiger partial charge in [-0.05, 0) is 12.1 Å². The van der Waals surface area contributed by atoms with Crippen molar-refractivity contribution in [1.29, 1.82) is 0 Å². The van der Waals surface area contributed by atoms with Crippen LogP contribution in [-0.4, -0.2) is 43.4 Å². The molecule has 0 bridgehead atoms. The molecular formula is C13H19N3O. The van der Waals surface area contributed by atoms with E-state index in [1.807, 2.05) is 12.1 Å². The highest BCUT2D eigenvalue weighted by atomic mass is 16.1. The minimum absolute atomic E-state index is 0.140. The van der Waals surface area contributed by atoms with Crippen LogP contribution in [0.25, 0.3) is 0 Å². The first-order valence-electron chi connectivity index (χ1n) is 6.08. The van der Waals surface area contributed by atoms with Crippen molar-refractivity contribution in [1.82, 2.24) is 10.2 Å². The zero-order chi connectivity index (χ0) is 12.1. The van der Waals surface area contributed by atoms with E-state index in [-0.39, 0.29) is 5.78 Å². The molecule has 92 valence electrons. The Balaban J connectivity index is 1.87. The third-order valence-corrected chi connectivity index (χ3v) is 3.13. The minimum atomic E-state index is 0.140. The van der Waals surface area contributed by atoms with Crippen molar-refractivity contribution in [2.75, 3.05) is 38.5 Å². The SMILES string of the molecule is Nc1ccccc1C(=O)CCN1CCNCC1. The van der Waals surface area contributed by atoms with Crippen molar-refractivity contribution in [2.24, 2.45) is 0 Å².